The SMILES string of the molecule is CNC(=O)NC(=O)C(c1ccccc1)N1CCCC(C)CC1. The monoisotopic (exact) mass is 303 g/mol. The highest BCUT2D eigenvalue weighted by Crippen LogP contribution is 2.26. The van der Waals surface area contributed by atoms with Gasteiger partial charge < -0.3 is 5.32 Å². The predicted molar refractivity (Wildman–Crippen MR) is 86.4 cm³/mol. The molecule has 1 aromatic rings. The lowest BCUT2D eigenvalue weighted by Crippen LogP contribution is -2.46. The summed E-state index contributed by atoms with van der Waals surface area (Å²) >= 11 is 0. The van der Waals surface area contributed by atoms with Crippen LogP contribution < -0.4 is 10.6 Å². The Morgan fingerprint density at radius 3 is 2.59 bits per heavy atom. The third-order valence-corrected chi connectivity index (χ3v) is 4.24. The summed E-state index contributed by atoms with van der Waals surface area (Å²) in [5.74, 6) is 0.420. The van der Waals surface area contributed by atoms with Crippen molar-refractivity contribution in [2.24, 2.45) is 5.92 Å². The number of hydrogen-bond acceptors (Lipinski definition) is 3. The van der Waals surface area contributed by atoms with E-state index in [-0.39, 0.29) is 5.91 Å². The Labute approximate surface area is 132 Å². The summed E-state index contributed by atoms with van der Waals surface area (Å²) < 4.78 is 0. The minimum atomic E-state index is -0.464. The summed E-state index contributed by atoms with van der Waals surface area (Å²) in [5, 5.41) is 4.86. The van der Waals surface area contributed by atoms with E-state index in [4.69, 9.17) is 0 Å². The molecule has 1 aliphatic heterocycles. The zero-order chi connectivity index (χ0) is 15.9. The third kappa shape index (κ3) is 4.31. The second-order valence-electron chi connectivity index (χ2n) is 5.95. The van der Waals surface area contributed by atoms with Gasteiger partial charge in [0.25, 0.3) is 0 Å². The molecule has 1 aromatic carbocycles. The molecule has 0 radical (unpaired) electrons. The van der Waals surface area contributed by atoms with Crippen LogP contribution in [0.4, 0.5) is 4.79 Å². The largest absolute Gasteiger partial charge is 0.341 e. The zero-order valence-electron chi connectivity index (χ0n) is 13.3. The summed E-state index contributed by atoms with van der Waals surface area (Å²) in [5.41, 5.74) is 0.929. The first-order valence-corrected chi connectivity index (χ1v) is 7.93. The number of imide groups is 1. The van der Waals surface area contributed by atoms with Crippen molar-refractivity contribution in [3.63, 3.8) is 0 Å². The van der Waals surface area contributed by atoms with Crippen LogP contribution in [0, 0.1) is 5.92 Å². The van der Waals surface area contributed by atoms with Crippen molar-refractivity contribution in [2.45, 2.75) is 32.2 Å². The van der Waals surface area contributed by atoms with Crippen molar-refractivity contribution in [1.82, 2.24) is 15.5 Å². The van der Waals surface area contributed by atoms with Crippen LogP contribution in [0.2, 0.25) is 0 Å². The van der Waals surface area contributed by atoms with Crippen LogP contribution in [-0.2, 0) is 4.79 Å². The second-order valence-corrected chi connectivity index (χ2v) is 5.95. The lowest BCUT2D eigenvalue weighted by atomic mass is 10.0. The fourth-order valence-corrected chi connectivity index (χ4v) is 2.95. The maximum Gasteiger partial charge on any atom is 0.321 e. The molecule has 1 fully saturated rings. The van der Waals surface area contributed by atoms with Crippen LogP contribution >= 0.6 is 0 Å². The van der Waals surface area contributed by atoms with Gasteiger partial charge in [0.05, 0.1) is 0 Å². The van der Waals surface area contributed by atoms with E-state index in [1.54, 1.807) is 0 Å². The number of likely N-dealkylation sites (tertiary alicyclic amines) is 1. The fraction of sp³-hybridized carbons (Fsp3) is 0.529. The molecule has 1 aliphatic rings. The minimum Gasteiger partial charge on any atom is -0.341 e. The van der Waals surface area contributed by atoms with Crippen LogP contribution in [0.5, 0.6) is 0 Å². The van der Waals surface area contributed by atoms with Crippen LogP contribution in [0.3, 0.4) is 0 Å². The highest BCUT2D eigenvalue weighted by atomic mass is 16.2. The first-order valence-electron chi connectivity index (χ1n) is 7.93. The number of nitrogens with one attached hydrogen (secondary N) is 2. The van der Waals surface area contributed by atoms with E-state index in [0.717, 1.165) is 31.5 Å². The van der Waals surface area contributed by atoms with Crippen molar-refractivity contribution >= 4 is 11.9 Å². The van der Waals surface area contributed by atoms with Crippen LogP contribution in [0.25, 0.3) is 0 Å². The zero-order valence-corrected chi connectivity index (χ0v) is 13.3. The molecule has 120 valence electrons. The van der Waals surface area contributed by atoms with Crippen LogP contribution in [-0.4, -0.2) is 37.0 Å². The molecule has 3 amide bonds. The number of nitrogens with zero attached hydrogens (tertiary/aromatic N) is 1. The van der Waals surface area contributed by atoms with Crippen LogP contribution in [0.15, 0.2) is 30.3 Å². The lowest BCUT2D eigenvalue weighted by Gasteiger charge is -2.29. The molecule has 2 N–H and O–H groups in total. The van der Waals surface area contributed by atoms with Gasteiger partial charge in [0, 0.05) is 7.05 Å². The van der Waals surface area contributed by atoms with Gasteiger partial charge in [-0.15, -0.1) is 0 Å². The van der Waals surface area contributed by atoms with E-state index in [9.17, 15) is 9.59 Å². The summed E-state index contributed by atoms with van der Waals surface area (Å²) in [6, 6.07) is 8.80. The molecule has 0 saturated carbocycles. The van der Waals surface area contributed by atoms with Gasteiger partial charge in [-0.25, -0.2) is 4.79 Å². The predicted octanol–water partition coefficient (Wildman–Crippen LogP) is 2.31. The summed E-state index contributed by atoms with van der Waals surface area (Å²) in [4.78, 5) is 26.3. The summed E-state index contributed by atoms with van der Waals surface area (Å²) in [6.45, 7) is 4.01. The Hall–Kier alpha value is -1.88. The maximum absolute atomic E-state index is 12.6. The number of carbonyl (C=O) groups is 2. The smallest absolute Gasteiger partial charge is 0.321 e. The number of urea groups is 1. The molecule has 0 bridgehead atoms. The third-order valence-electron chi connectivity index (χ3n) is 4.24. The maximum atomic E-state index is 12.6. The molecular weight excluding hydrogens is 278 g/mol. The molecule has 22 heavy (non-hydrogen) atoms. The van der Waals surface area contributed by atoms with E-state index < -0.39 is 12.1 Å². The molecule has 0 aromatic heterocycles. The second kappa shape index (κ2) is 7.94. The molecule has 1 saturated heterocycles. The van der Waals surface area contributed by atoms with Gasteiger partial charge in [-0.3, -0.25) is 15.0 Å². The molecule has 1 heterocycles. The van der Waals surface area contributed by atoms with E-state index in [1.807, 2.05) is 30.3 Å². The average Bonchev–Trinajstić information content (AvgIpc) is 2.73. The van der Waals surface area contributed by atoms with Gasteiger partial charge in [0.15, 0.2) is 0 Å². The number of amides is 3. The number of carbonyl (C=O) groups excluding carboxylic acids is 2. The molecule has 0 spiro atoms. The van der Waals surface area contributed by atoms with Gasteiger partial charge in [0.2, 0.25) is 5.91 Å². The van der Waals surface area contributed by atoms with E-state index >= 15 is 0 Å². The molecular formula is C17H25N3O2. The normalized spacial score (nSPS) is 20.7. The standard InChI is InChI=1S/C17H25N3O2/c1-13-7-6-11-20(12-10-13)15(14-8-4-3-5-9-14)16(21)19-17(22)18-2/h3-5,8-9,13,15H,6-7,10-12H2,1-2H3,(H2,18,19,21,22). The highest BCUT2D eigenvalue weighted by Gasteiger charge is 2.29. The Morgan fingerprint density at radius 1 is 1.18 bits per heavy atom. The quantitative estimate of drug-likeness (QED) is 0.901. The summed E-state index contributed by atoms with van der Waals surface area (Å²) in [6.07, 6.45) is 3.35. The Bertz CT molecular complexity index is 504. The average molecular weight is 303 g/mol. The Morgan fingerprint density at radius 2 is 1.91 bits per heavy atom. The Balaban J connectivity index is 2.21. The van der Waals surface area contributed by atoms with Gasteiger partial charge in [-0.1, -0.05) is 37.3 Å². The van der Waals surface area contributed by atoms with Crippen LogP contribution in [0.1, 0.15) is 37.8 Å². The minimum absolute atomic E-state index is 0.264. The molecule has 2 unspecified atom stereocenters. The van der Waals surface area contributed by atoms with E-state index in [0.29, 0.717) is 5.92 Å². The molecule has 0 aliphatic carbocycles. The number of rotatable bonds is 3. The topological polar surface area (TPSA) is 61.4 Å². The van der Waals surface area contributed by atoms with Gasteiger partial charge >= 0.3 is 6.03 Å². The molecule has 5 nitrogen and oxygen atoms in total. The van der Waals surface area contributed by atoms with Crippen molar-refractivity contribution in [2.75, 3.05) is 20.1 Å². The fourth-order valence-electron chi connectivity index (χ4n) is 2.95. The van der Waals surface area contributed by atoms with Gasteiger partial charge in [0.1, 0.15) is 6.04 Å². The summed E-state index contributed by atoms with van der Waals surface area (Å²) in [7, 11) is 1.51. The lowest BCUT2D eigenvalue weighted by molar-refractivity contribution is -0.125. The van der Waals surface area contributed by atoms with E-state index in [1.165, 1.54) is 13.5 Å². The first-order chi connectivity index (χ1) is 10.6. The number of benzene rings is 1. The first kappa shape index (κ1) is 16.5. The molecule has 2 rings (SSSR count). The van der Waals surface area contributed by atoms with E-state index in [2.05, 4.69) is 22.5 Å². The molecule has 5 heteroatoms. The Kier molecular flexibility index (Phi) is 5.95. The van der Waals surface area contributed by atoms with Crippen molar-refractivity contribution < 1.29 is 9.59 Å². The van der Waals surface area contributed by atoms with Gasteiger partial charge in [-0.2, -0.15) is 0 Å². The van der Waals surface area contributed by atoms with Crippen molar-refractivity contribution in [3.8, 4) is 0 Å². The number of hydrogen-bond donors (Lipinski definition) is 2. The van der Waals surface area contributed by atoms with Crippen molar-refractivity contribution in [3.05, 3.63) is 35.9 Å². The van der Waals surface area contributed by atoms with Gasteiger partial charge in [-0.05, 0) is 43.8 Å². The molecule has 2 atom stereocenters. The highest BCUT2D eigenvalue weighted by molar-refractivity contribution is 5.97. The van der Waals surface area contributed by atoms with Crippen molar-refractivity contribution in [1.29, 1.82) is 0 Å².